The summed E-state index contributed by atoms with van der Waals surface area (Å²) in [5, 5.41) is 18.7. The van der Waals surface area contributed by atoms with Crippen molar-refractivity contribution in [2.24, 2.45) is 0 Å². The Morgan fingerprint density at radius 2 is 1.85 bits per heavy atom. The predicted octanol–water partition coefficient (Wildman–Crippen LogP) is 2.58. The zero-order valence-corrected chi connectivity index (χ0v) is 18.4. The maximum atomic E-state index is 12.4. The quantitative estimate of drug-likeness (QED) is 0.459. The topological polar surface area (TPSA) is 118 Å². The van der Waals surface area contributed by atoms with E-state index in [1.54, 1.807) is 42.5 Å². The van der Waals surface area contributed by atoms with Gasteiger partial charge >= 0.3 is 6.03 Å². The van der Waals surface area contributed by atoms with Gasteiger partial charge in [0.15, 0.2) is 11.5 Å². The second-order valence-electron chi connectivity index (χ2n) is 7.58. The number of aliphatic hydroxyl groups excluding tert-OH is 1. The van der Waals surface area contributed by atoms with Crippen LogP contribution in [-0.2, 0) is 16.1 Å². The third-order valence-electron chi connectivity index (χ3n) is 5.18. The molecule has 0 fully saturated rings. The van der Waals surface area contributed by atoms with Crippen LogP contribution in [0.25, 0.3) is 0 Å². The van der Waals surface area contributed by atoms with Crippen molar-refractivity contribution >= 4 is 29.2 Å². The molecule has 9 nitrogen and oxygen atoms in total. The van der Waals surface area contributed by atoms with E-state index in [9.17, 15) is 14.7 Å². The molecule has 3 amide bonds. The van der Waals surface area contributed by atoms with Crippen LogP contribution in [0.15, 0.2) is 54.6 Å². The summed E-state index contributed by atoms with van der Waals surface area (Å²) in [7, 11) is 0. The summed E-state index contributed by atoms with van der Waals surface area (Å²) < 4.78 is 16.4. The molecule has 0 saturated carbocycles. The van der Waals surface area contributed by atoms with Crippen LogP contribution in [0, 0.1) is 0 Å². The Kier molecular flexibility index (Phi) is 7.33. The zero-order valence-electron chi connectivity index (χ0n) is 17.6. The summed E-state index contributed by atoms with van der Waals surface area (Å²) >= 11 is 5.86. The number of anilines is 1. The first kappa shape index (κ1) is 22.9. The minimum atomic E-state index is -0.688. The third kappa shape index (κ3) is 6.16. The zero-order chi connectivity index (χ0) is 23.2. The van der Waals surface area contributed by atoms with Gasteiger partial charge in [-0.15, -0.1) is 0 Å². The van der Waals surface area contributed by atoms with Crippen molar-refractivity contribution in [3.05, 3.63) is 65.2 Å². The molecule has 4 N–H and O–H groups in total. The molecule has 3 atom stereocenters. The Labute approximate surface area is 195 Å². The van der Waals surface area contributed by atoms with E-state index in [4.69, 9.17) is 25.8 Å². The van der Waals surface area contributed by atoms with Crippen molar-refractivity contribution < 1.29 is 28.9 Å². The number of benzene rings is 2. The fourth-order valence-corrected chi connectivity index (χ4v) is 3.61. The molecule has 2 aliphatic heterocycles. The monoisotopic (exact) mass is 473 g/mol. The van der Waals surface area contributed by atoms with E-state index in [0.29, 0.717) is 28.8 Å². The molecule has 10 heteroatoms. The summed E-state index contributed by atoms with van der Waals surface area (Å²) in [5.41, 5.74) is 1.46. The first-order valence-electron chi connectivity index (χ1n) is 10.4. The van der Waals surface area contributed by atoms with Crippen LogP contribution >= 0.6 is 11.6 Å². The number of fused-ring (bicyclic) bond motifs is 1. The van der Waals surface area contributed by atoms with Crippen LogP contribution in [0.2, 0.25) is 5.02 Å². The number of carbonyl (C=O) groups is 2. The van der Waals surface area contributed by atoms with E-state index in [0.717, 1.165) is 5.56 Å². The van der Waals surface area contributed by atoms with E-state index in [-0.39, 0.29) is 25.7 Å². The van der Waals surface area contributed by atoms with Gasteiger partial charge in [-0.05, 0) is 29.8 Å². The molecular weight excluding hydrogens is 450 g/mol. The molecule has 4 rings (SSSR count). The highest BCUT2D eigenvalue weighted by molar-refractivity contribution is 6.30. The lowest BCUT2D eigenvalue weighted by molar-refractivity contribution is -0.125. The van der Waals surface area contributed by atoms with Gasteiger partial charge in [0.2, 0.25) is 12.7 Å². The smallest absolute Gasteiger partial charge is 0.319 e. The highest BCUT2D eigenvalue weighted by Gasteiger charge is 2.29. The summed E-state index contributed by atoms with van der Waals surface area (Å²) in [5.74, 6) is 0.982. The fourth-order valence-electron chi connectivity index (χ4n) is 3.49. The van der Waals surface area contributed by atoms with E-state index in [1.807, 2.05) is 12.1 Å². The van der Waals surface area contributed by atoms with Gasteiger partial charge in [-0.1, -0.05) is 35.9 Å². The van der Waals surface area contributed by atoms with Gasteiger partial charge in [-0.2, -0.15) is 0 Å². The summed E-state index contributed by atoms with van der Waals surface area (Å²) in [6.07, 6.45) is 2.32. The van der Waals surface area contributed by atoms with Gasteiger partial charge < -0.3 is 35.3 Å². The van der Waals surface area contributed by atoms with Crippen molar-refractivity contribution in [2.45, 2.75) is 31.2 Å². The average Bonchev–Trinajstić information content (AvgIpc) is 3.27. The van der Waals surface area contributed by atoms with Gasteiger partial charge in [0.1, 0.15) is 6.10 Å². The third-order valence-corrected chi connectivity index (χ3v) is 5.43. The Balaban J connectivity index is 1.26. The number of aliphatic hydroxyl groups is 1. The molecule has 0 bridgehead atoms. The van der Waals surface area contributed by atoms with Gasteiger partial charge in [-0.3, -0.25) is 4.79 Å². The number of urea groups is 1. The van der Waals surface area contributed by atoms with E-state index in [1.165, 1.54) is 0 Å². The lowest BCUT2D eigenvalue weighted by atomic mass is 10.0. The lowest BCUT2D eigenvalue weighted by Gasteiger charge is -2.31. The Hall–Kier alpha value is -3.27. The Morgan fingerprint density at radius 3 is 2.64 bits per heavy atom. The summed E-state index contributed by atoms with van der Waals surface area (Å²) in [6.45, 7) is 0.204. The number of halogens is 1. The Morgan fingerprint density at radius 1 is 1.06 bits per heavy atom. The van der Waals surface area contributed by atoms with Crippen LogP contribution in [0.3, 0.4) is 0 Å². The number of nitrogens with one attached hydrogen (secondary N) is 3. The average molecular weight is 474 g/mol. The molecule has 2 heterocycles. The van der Waals surface area contributed by atoms with Crippen molar-refractivity contribution in [3.8, 4) is 11.5 Å². The first-order valence-corrected chi connectivity index (χ1v) is 10.8. The molecule has 174 valence electrons. The molecular formula is C23H24ClN3O6. The molecule has 0 aliphatic carbocycles. The van der Waals surface area contributed by atoms with Crippen molar-refractivity contribution in [3.63, 3.8) is 0 Å². The van der Waals surface area contributed by atoms with Gasteiger partial charge in [0.25, 0.3) is 0 Å². The Bertz CT molecular complexity index is 1030. The second-order valence-corrected chi connectivity index (χ2v) is 8.02. The van der Waals surface area contributed by atoms with Gasteiger partial charge in [0, 0.05) is 23.3 Å². The number of rotatable bonds is 7. The maximum Gasteiger partial charge on any atom is 0.319 e. The summed E-state index contributed by atoms with van der Waals surface area (Å²) in [4.78, 5) is 24.7. The van der Waals surface area contributed by atoms with E-state index in [2.05, 4.69) is 16.0 Å². The van der Waals surface area contributed by atoms with Crippen LogP contribution in [-0.4, -0.2) is 48.7 Å². The molecule has 2 aromatic rings. The van der Waals surface area contributed by atoms with Crippen molar-refractivity contribution in [2.75, 3.05) is 18.7 Å². The van der Waals surface area contributed by atoms with Crippen molar-refractivity contribution in [1.82, 2.24) is 10.6 Å². The molecule has 0 spiro atoms. The predicted molar refractivity (Wildman–Crippen MR) is 121 cm³/mol. The second kappa shape index (κ2) is 10.6. The molecule has 0 radical (unpaired) electrons. The number of ether oxygens (including phenoxy) is 3. The molecule has 0 aromatic heterocycles. The van der Waals surface area contributed by atoms with Gasteiger partial charge in [0.05, 0.1) is 25.2 Å². The fraction of sp³-hybridized carbons (Fsp3) is 0.304. The molecule has 33 heavy (non-hydrogen) atoms. The standard InChI is InChI=1S/C23H24ClN3O6/c24-15-3-1-14(2-4-15)11-25-22(29)10-17-6-7-18(21(12-28)33-17)27-23(30)26-16-5-8-19-20(9-16)32-13-31-19/h1-9,17-18,21,28H,10-13H2,(H,25,29)(H2,26,27,30)/t17-,18+,21-/m1/s1. The van der Waals surface area contributed by atoms with Crippen molar-refractivity contribution in [1.29, 1.82) is 0 Å². The minimum Gasteiger partial charge on any atom is -0.454 e. The highest BCUT2D eigenvalue weighted by Crippen LogP contribution is 2.34. The number of hydrogen-bond acceptors (Lipinski definition) is 6. The van der Waals surface area contributed by atoms with E-state index >= 15 is 0 Å². The number of amides is 3. The first-order chi connectivity index (χ1) is 16.0. The van der Waals surface area contributed by atoms with Crippen LogP contribution in [0.4, 0.5) is 10.5 Å². The van der Waals surface area contributed by atoms with E-state index < -0.39 is 24.3 Å². The molecule has 0 saturated heterocycles. The van der Waals surface area contributed by atoms with Gasteiger partial charge in [-0.25, -0.2) is 4.79 Å². The number of carbonyl (C=O) groups excluding carboxylic acids is 2. The number of hydrogen-bond donors (Lipinski definition) is 4. The highest BCUT2D eigenvalue weighted by atomic mass is 35.5. The van der Waals surface area contributed by atoms with Crippen LogP contribution < -0.4 is 25.4 Å². The minimum absolute atomic E-state index is 0.0940. The normalized spacial score (nSPS) is 20.8. The molecule has 0 unspecified atom stereocenters. The van der Waals surface area contributed by atoms with Crippen LogP contribution in [0.1, 0.15) is 12.0 Å². The lowest BCUT2D eigenvalue weighted by Crippen LogP contribution is -2.50. The largest absolute Gasteiger partial charge is 0.454 e. The summed E-state index contributed by atoms with van der Waals surface area (Å²) in [6, 6.07) is 11.2. The maximum absolute atomic E-state index is 12.4. The molecule has 2 aliphatic rings. The van der Waals surface area contributed by atoms with Crippen LogP contribution in [0.5, 0.6) is 11.5 Å². The molecule has 2 aromatic carbocycles. The SMILES string of the molecule is O=C(C[C@H]1C=C[C@H](NC(=O)Nc2ccc3c(c2)OCO3)[C@@H](CO)O1)NCc1ccc(Cl)cc1.